The van der Waals surface area contributed by atoms with Gasteiger partial charge in [-0.1, -0.05) is 0 Å². The number of nitrogens with zero attached hydrogens (tertiary/aromatic N) is 5. The second-order valence-electron chi connectivity index (χ2n) is 6.89. The zero-order valence-electron chi connectivity index (χ0n) is 16.6. The Labute approximate surface area is 155 Å². The molecule has 3 aromatic heterocycles. The molecule has 3 rings (SSSR count). The summed E-state index contributed by atoms with van der Waals surface area (Å²) in [6.45, 7) is 8.12. The van der Waals surface area contributed by atoms with Crippen molar-refractivity contribution in [2.24, 2.45) is 7.05 Å². The summed E-state index contributed by atoms with van der Waals surface area (Å²) in [6, 6.07) is -0.837. The molecule has 1 atom stereocenters. The summed E-state index contributed by atoms with van der Waals surface area (Å²) < 4.78 is 11.3. The number of aromatic nitrogens is 5. The van der Waals surface area contributed by atoms with Crippen molar-refractivity contribution in [1.29, 1.82) is 0 Å². The highest BCUT2D eigenvalue weighted by molar-refractivity contribution is 5.81. The lowest BCUT2D eigenvalue weighted by molar-refractivity contribution is -0.119. The third-order valence-corrected chi connectivity index (χ3v) is 5.28. The highest BCUT2D eigenvalue weighted by atomic mass is 16.5. The summed E-state index contributed by atoms with van der Waals surface area (Å²) in [5, 5.41) is 0. The molecule has 9 nitrogen and oxygen atoms in total. The first-order chi connectivity index (χ1) is 12.7. The number of Topliss-reactive ketones (excluding diaryl/α,β-unsaturated/α-hetero) is 1. The van der Waals surface area contributed by atoms with Crippen molar-refractivity contribution >= 4 is 22.7 Å². The Morgan fingerprint density at radius 3 is 2.48 bits per heavy atom. The lowest BCUT2D eigenvalue weighted by atomic mass is 10.2. The first-order valence-electron chi connectivity index (χ1n) is 8.91. The lowest BCUT2D eigenvalue weighted by Gasteiger charge is -2.12. The number of carbonyl (C=O) groups excluding carboxylic acids is 1. The van der Waals surface area contributed by atoms with Crippen LogP contribution in [-0.2, 0) is 23.1 Å². The van der Waals surface area contributed by atoms with Crippen molar-refractivity contribution in [1.82, 2.24) is 23.1 Å². The molecule has 0 saturated carbocycles. The van der Waals surface area contributed by atoms with Gasteiger partial charge >= 0.3 is 5.69 Å². The number of ketones is 1. The van der Waals surface area contributed by atoms with Gasteiger partial charge in [-0.05, 0) is 34.1 Å². The fourth-order valence-electron chi connectivity index (χ4n) is 3.44. The van der Waals surface area contributed by atoms with Gasteiger partial charge in [0.15, 0.2) is 16.9 Å². The molecule has 0 bridgehead atoms. The monoisotopic (exact) mass is 375 g/mol. The van der Waals surface area contributed by atoms with Gasteiger partial charge in [-0.3, -0.25) is 18.6 Å². The van der Waals surface area contributed by atoms with E-state index in [1.807, 2.05) is 18.4 Å². The molecular formula is C18H25N5O4. The Morgan fingerprint density at radius 1 is 1.22 bits per heavy atom. The minimum absolute atomic E-state index is 0.251. The Kier molecular flexibility index (Phi) is 4.81. The molecular weight excluding hydrogens is 350 g/mol. The van der Waals surface area contributed by atoms with Gasteiger partial charge in [0.25, 0.3) is 5.56 Å². The molecule has 3 heterocycles. The zero-order chi connectivity index (χ0) is 20.0. The van der Waals surface area contributed by atoms with E-state index in [1.54, 1.807) is 25.5 Å². The minimum Gasteiger partial charge on any atom is -0.385 e. The van der Waals surface area contributed by atoms with Crippen LogP contribution in [0.3, 0.4) is 0 Å². The van der Waals surface area contributed by atoms with E-state index in [0.717, 1.165) is 22.4 Å². The van der Waals surface area contributed by atoms with Crippen LogP contribution in [0.2, 0.25) is 0 Å². The van der Waals surface area contributed by atoms with Gasteiger partial charge in [0, 0.05) is 38.7 Å². The summed E-state index contributed by atoms with van der Waals surface area (Å²) in [4.78, 5) is 42.3. The normalized spacial score (nSPS) is 13.0. The smallest absolute Gasteiger partial charge is 0.333 e. The van der Waals surface area contributed by atoms with Crippen molar-refractivity contribution in [3.8, 4) is 0 Å². The van der Waals surface area contributed by atoms with Crippen LogP contribution in [-0.4, -0.2) is 42.6 Å². The van der Waals surface area contributed by atoms with Crippen LogP contribution in [0.15, 0.2) is 9.59 Å². The molecule has 146 valence electrons. The van der Waals surface area contributed by atoms with Crippen molar-refractivity contribution in [3.63, 3.8) is 0 Å². The molecule has 0 unspecified atom stereocenters. The second-order valence-corrected chi connectivity index (χ2v) is 6.89. The third-order valence-electron chi connectivity index (χ3n) is 5.28. The summed E-state index contributed by atoms with van der Waals surface area (Å²) >= 11 is 0. The molecule has 0 radical (unpaired) electrons. The molecule has 0 N–H and O–H groups in total. The SMILES string of the molecule is COCCCn1c(C)c(C)n2c3c(=O)n([C@H](C)C(C)=O)c(=O)n(C)c3nc12. The number of fused-ring (bicyclic) bond motifs is 3. The van der Waals surface area contributed by atoms with Crippen molar-refractivity contribution in [2.45, 2.75) is 46.7 Å². The molecule has 0 spiro atoms. The average molecular weight is 375 g/mol. The molecule has 0 aliphatic carbocycles. The van der Waals surface area contributed by atoms with Crippen LogP contribution in [0.5, 0.6) is 0 Å². The van der Waals surface area contributed by atoms with E-state index in [1.165, 1.54) is 11.5 Å². The van der Waals surface area contributed by atoms with Gasteiger partial charge < -0.3 is 9.30 Å². The summed E-state index contributed by atoms with van der Waals surface area (Å²) in [6.07, 6.45) is 0.800. The Balaban J connectivity index is 2.41. The fraction of sp³-hybridized carbons (Fsp3) is 0.556. The quantitative estimate of drug-likeness (QED) is 0.598. The maximum absolute atomic E-state index is 13.2. The Bertz CT molecular complexity index is 1160. The van der Waals surface area contributed by atoms with Crippen LogP contribution in [0.4, 0.5) is 0 Å². The van der Waals surface area contributed by atoms with Gasteiger partial charge in [-0.25, -0.2) is 9.36 Å². The van der Waals surface area contributed by atoms with Gasteiger partial charge in [0.2, 0.25) is 5.78 Å². The number of carbonyl (C=O) groups is 1. The molecule has 27 heavy (non-hydrogen) atoms. The molecule has 9 heteroatoms. The van der Waals surface area contributed by atoms with Crippen LogP contribution >= 0.6 is 0 Å². The predicted octanol–water partition coefficient (Wildman–Crippen LogP) is 0.953. The van der Waals surface area contributed by atoms with E-state index in [-0.39, 0.29) is 5.78 Å². The molecule has 0 saturated heterocycles. The summed E-state index contributed by atoms with van der Waals surface area (Å²) in [5.74, 6) is 0.357. The number of methoxy groups -OCH3 is 1. The van der Waals surface area contributed by atoms with E-state index in [0.29, 0.717) is 30.1 Å². The van der Waals surface area contributed by atoms with E-state index >= 15 is 0 Å². The molecule has 0 aromatic carbocycles. The van der Waals surface area contributed by atoms with Crippen LogP contribution in [0.1, 0.15) is 37.7 Å². The zero-order valence-corrected chi connectivity index (χ0v) is 16.6. The highest BCUT2D eigenvalue weighted by Gasteiger charge is 2.25. The van der Waals surface area contributed by atoms with Gasteiger partial charge in [-0.15, -0.1) is 0 Å². The van der Waals surface area contributed by atoms with Gasteiger partial charge in [0.1, 0.15) is 0 Å². The molecule has 0 aliphatic heterocycles. The maximum Gasteiger partial charge on any atom is 0.333 e. The first-order valence-corrected chi connectivity index (χ1v) is 8.91. The van der Waals surface area contributed by atoms with Crippen LogP contribution in [0.25, 0.3) is 16.9 Å². The summed E-state index contributed by atoms with van der Waals surface area (Å²) in [7, 11) is 3.22. The first kappa shape index (κ1) is 19.1. The van der Waals surface area contributed by atoms with Gasteiger partial charge in [-0.2, -0.15) is 4.98 Å². The summed E-state index contributed by atoms with van der Waals surface area (Å²) in [5.41, 5.74) is 1.45. The molecule has 3 aromatic rings. The number of aryl methyl sites for hydroxylation is 3. The van der Waals surface area contributed by atoms with Crippen molar-refractivity contribution in [3.05, 3.63) is 32.2 Å². The molecule has 0 aliphatic rings. The van der Waals surface area contributed by atoms with E-state index < -0.39 is 17.3 Å². The topological polar surface area (TPSA) is 92.5 Å². The number of hydrogen-bond donors (Lipinski definition) is 0. The second kappa shape index (κ2) is 6.80. The van der Waals surface area contributed by atoms with E-state index in [9.17, 15) is 14.4 Å². The Hall–Kier alpha value is -2.68. The predicted molar refractivity (Wildman–Crippen MR) is 102 cm³/mol. The van der Waals surface area contributed by atoms with Crippen molar-refractivity contribution in [2.75, 3.05) is 13.7 Å². The van der Waals surface area contributed by atoms with Crippen LogP contribution < -0.4 is 11.2 Å². The minimum atomic E-state index is -0.837. The van der Waals surface area contributed by atoms with E-state index in [4.69, 9.17) is 4.74 Å². The number of hydrogen-bond acceptors (Lipinski definition) is 5. The van der Waals surface area contributed by atoms with Gasteiger partial charge in [0.05, 0.1) is 6.04 Å². The van der Waals surface area contributed by atoms with Crippen molar-refractivity contribution < 1.29 is 9.53 Å². The third kappa shape index (κ3) is 2.73. The standard InChI is InChI=1S/C18H25N5O4/c1-10-11(2)22-14-15(19-17(22)21(10)8-7-9-27-6)20(5)18(26)23(16(14)25)12(3)13(4)24/h12H,7-9H2,1-6H3/t12-/m1/s1. The largest absolute Gasteiger partial charge is 0.385 e. The average Bonchev–Trinajstić information content (AvgIpc) is 3.11. The van der Waals surface area contributed by atoms with Crippen LogP contribution in [0, 0.1) is 13.8 Å². The molecule has 0 amide bonds. The highest BCUT2D eigenvalue weighted by Crippen LogP contribution is 2.21. The Morgan fingerprint density at radius 2 is 1.89 bits per heavy atom. The lowest BCUT2D eigenvalue weighted by Crippen LogP contribution is -2.42. The maximum atomic E-state index is 13.2. The number of rotatable bonds is 6. The molecule has 0 fully saturated rings. The number of ether oxygens (including phenoxy) is 1. The van der Waals surface area contributed by atoms with E-state index in [2.05, 4.69) is 4.98 Å². The number of imidazole rings is 2. The fourth-order valence-corrected chi connectivity index (χ4v) is 3.44.